The van der Waals surface area contributed by atoms with Crippen LogP contribution >= 0.6 is 0 Å². The number of ether oxygens (including phenoxy) is 1. The molecule has 1 aliphatic rings. The molecule has 7 nitrogen and oxygen atoms in total. The van der Waals surface area contributed by atoms with Crippen molar-refractivity contribution in [2.45, 2.75) is 50.4 Å². The Kier molecular flexibility index (Phi) is 5.08. The molecule has 3 rings (SSSR count). The van der Waals surface area contributed by atoms with Crippen LogP contribution in [0.4, 0.5) is 0 Å². The molecule has 0 aromatic heterocycles. The Hall–Kier alpha value is -2.64. The maximum Gasteiger partial charge on any atom is 0.157 e. The third kappa shape index (κ3) is 3.36. The van der Waals surface area contributed by atoms with Crippen molar-refractivity contribution in [3.05, 3.63) is 41.5 Å². The van der Waals surface area contributed by atoms with E-state index in [9.17, 15) is 30.6 Å². The Morgan fingerprint density at radius 3 is 2.37 bits per heavy atom. The average Bonchev–Trinajstić information content (AvgIpc) is 2.60. The van der Waals surface area contributed by atoms with Crippen molar-refractivity contribution < 1.29 is 35.4 Å². The van der Waals surface area contributed by atoms with Gasteiger partial charge in [-0.15, -0.1) is 0 Å². The lowest BCUT2D eigenvalue weighted by Crippen LogP contribution is -2.48. The minimum atomic E-state index is -1.81. The number of rotatable bonds is 5. The third-order valence-corrected chi connectivity index (χ3v) is 5.02. The van der Waals surface area contributed by atoms with E-state index in [-0.39, 0.29) is 40.7 Å². The fourth-order valence-corrected chi connectivity index (χ4v) is 3.60. The monoisotopic (exact) mass is 376 g/mol. The Balaban J connectivity index is 2.10. The molecule has 0 aliphatic carbocycles. The molecule has 0 bridgehead atoms. The first-order valence-corrected chi connectivity index (χ1v) is 8.93. The highest BCUT2D eigenvalue weighted by atomic mass is 16.5. The summed E-state index contributed by atoms with van der Waals surface area (Å²) >= 11 is 0. The molecule has 3 atom stereocenters. The lowest BCUT2D eigenvalue weighted by atomic mass is 9.77. The van der Waals surface area contributed by atoms with E-state index in [0.29, 0.717) is 12.0 Å². The van der Waals surface area contributed by atoms with Crippen LogP contribution in [0.2, 0.25) is 0 Å². The zero-order chi connectivity index (χ0) is 19.8. The van der Waals surface area contributed by atoms with Gasteiger partial charge in [-0.25, -0.2) is 0 Å². The molecule has 0 saturated carbocycles. The minimum Gasteiger partial charge on any atom is -0.508 e. The molecule has 0 fully saturated rings. The highest BCUT2D eigenvalue weighted by Crippen LogP contribution is 2.52. The number of aromatic hydroxyl groups is 4. The second-order valence-corrected chi connectivity index (χ2v) is 6.95. The van der Waals surface area contributed by atoms with Crippen LogP contribution in [0.25, 0.3) is 0 Å². The van der Waals surface area contributed by atoms with Gasteiger partial charge in [0.25, 0.3) is 0 Å². The van der Waals surface area contributed by atoms with Crippen molar-refractivity contribution in [2.24, 2.45) is 0 Å². The van der Waals surface area contributed by atoms with Gasteiger partial charge in [0.1, 0.15) is 29.0 Å². The van der Waals surface area contributed by atoms with Crippen LogP contribution in [0.15, 0.2) is 30.3 Å². The first kappa shape index (κ1) is 19.1. The topological polar surface area (TPSA) is 131 Å². The van der Waals surface area contributed by atoms with Crippen LogP contribution in [0.5, 0.6) is 28.7 Å². The van der Waals surface area contributed by atoms with E-state index < -0.39 is 17.8 Å². The molecule has 7 heteroatoms. The number of unbranched alkanes of at least 4 members (excludes halogenated alkanes) is 2. The van der Waals surface area contributed by atoms with Gasteiger partial charge in [0.15, 0.2) is 17.6 Å². The van der Waals surface area contributed by atoms with Crippen molar-refractivity contribution in [1.82, 2.24) is 0 Å². The van der Waals surface area contributed by atoms with Gasteiger partial charge in [0, 0.05) is 12.1 Å². The number of phenolic OH excluding ortho intramolecular Hbond substituents is 4. The van der Waals surface area contributed by atoms with E-state index in [4.69, 9.17) is 4.74 Å². The highest BCUT2D eigenvalue weighted by molar-refractivity contribution is 5.55. The van der Waals surface area contributed by atoms with Crippen LogP contribution in [0, 0.1) is 0 Å². The number of aliphatic hydroxyl groups is 2. The fraction of sp³-hybridized carbons (Fsp3) is 0.400. The molecule has 6 N–H and O–H groups in total. The second-order valence-electron chi connectivity index (χ2n) is 6.95. The van der Waals surface area contributed by atoms with Crippen LogP contribution in [0.1, 0.15) is 49.8 Å². The van der Waals surface area contributed by atoms with Gasteiger partial charge in [-0.05, 0) is 24.1 Å². The van der Waals surface area contributed by atoms with E-state index in [1.807, 2.05) is 6.92 Å². The van der Waals surface area contributed by atoms with Crippen molar-refractivity contribution in [3.63, 3.8) is 0 Å². The Morgan fingerprint density at radius 2 is 1.70 bits per heavy atom. The SMILES string of the molecule is CCCCCC1(O)c2c(O)cc(O)cc2O[C@H](c2ccc(O)c(O)c2)[C@@H]1O. The maximum atomic E-state index is 11.4. The summed E-state index contributed by atoms with van der Waals surface area (Å²) in [6, 6.07) is 6.31. The number of benzene rings is 2. The Labute approximate surface area is 156 Å². The summed E-state index contributed by atoms with van der Waals surface area (Å²) in [6.45, 7) is 2.01. The molecule has 0 saturated heterocycles. The lowest BCUT2D eigenvalue weighted by Gasteiger charge is -2.43. The molecular formula is C20H24O7. The van der Waals surface area contributed by atoms with Crippen molar-refractivity contribution in [1.29, 1.82) is 0 Å². The van der Waals surface area contributed by atoms with Crippen LogP contribution in [-0.4, -0.2) is 36.7 Å². The first-order valence-electron chi connectivity index (χ1n) is 8.93. The smallest absolute Gasteiger partial charge is 0.157 e. The molecule has 27 heavy (non-hydrogen) atoms. The molecule has 1 unspecified atom stereocenters. The number of hydrogen-bond donors (Lipinski definition) is 6. The molecule has 1 aliphatic heterocycles. The summed E-state index contributed by atoms with van der Waals surface area (Å²) in [4.78, 5) is 0. The first-order chi connectivity index (χ1) is 12.8. The molecule has 0 spiro atoms. The number of hydrogen-bond acceptors (Lipinski definition) is 7. The molecular weight excluding hydrogens is 352 g/mol. The van der Waals surface area contributed by atoms with Crippen molar-refractivity contribution in [2.75, 3.05) is 0 Å². The van der Waals surface area contributed by atoms with Gasteiger partial charge < -0.3 is 35.4 Å². The largest absolute Gasteiger partial charge is 0.508 e. The van der Waals surface area contributed by atoms with Crippen LogP contribution in [0.3, 0.4) is 0 Å². The van der Waals surface area contributed by atoms with Crippen molar-refractivity contribution in [3.8, 4) is 28.7 Å². The molecule has 2 aromatic carbocycles. The van der Waals surface area contributed by atoms with Gasteiger partial charge in [-0.1, -0.05) is 32.3 Å². The molecule has 146 valence electrons. The highest BCUT2D eigenvalue weighted by Gasteiger charge is 2.50. The van der Waals surface area contributed by atoms with Gasteiger partial charge in [-0.2, -0.15) is 0 Å². The van der Waals surface area contributed by atoms with Crippen LogP contribution < -0.4 is 4.74 Å². The zero-order valence-corrected chi connectivity index (χ0v) is 15.0. The summed E-state index contributed by atoms with van der Waals surface area (Å²) < 4.78 is 5.77. The molecule has 1 heterocycles. The second kappa shape index (κ2) is 7.17. The van der Waals surface area contributed by atoms with E-state index in [1.165, 1.54) is 24.3 Å². The zero-order valence-electron chi connectivity index (χ0n) is 15.0. The summed E-state index contributed by atoms with van der Waals surface area (Å²) in [5.41, 5.74) is -1.44. The van der Waals surface area contributed by atoms with Gasteiger partial charge >= 0.3 is 0 Å². The summed E-state index contributed by atoms with van der Waals surface area (Å²) in [5.74, 6) is -1.27. The summed E-state index contributed by atoms with van der Waals surface area (Å²) in [6.07, 6.45) is 0.00785. The van der Waals surface area contributed by atoms with E-state index in [2.05, 4.69) is 0 Å². The Bertz CT molecular complexity index is 835. The van der Waals surface area contributed by atoms with Gasteiger partial charge in [0.05, 0.1) is 5.56 Å². The maximum absolute atomic E-state index is 11.4. The quantitative estimate of drug-likeness (QED) is 0.349. The standard InChI is InChI=1S/C20H24O7/c1-2-3-4-7-20(26)17-15(24)9-12(21)10-16(17)27-18(19(20)25)11-5-6-13(22)14(23)8-11/h5-6,8-10,18-19,21-26H,2-4,7H2,1H3/t18-,19+,20?/m1/s1. The van der Waals surface area contributed by atoms with E-state index >= 15 is 0 Å². The van der Waals surface area contributed by atoms with Gasteiger partial charge in [0.2, 0.25) is 0 Å². The predicted molar refractivity (Wildman–Crippen MR) is 97.0 cm³/mol. The van der Waals surface area contributed by atoms with E-state index in [0.717, 1.165) is 18.9 Å². The minimum absolute atomic E-state index is 0.0307. The summed E-state index contributed by atoms with van der Waals surface area (Å²) in [5, 5.41) is 61.7. The molecule has 0 amide bonds. The number of phenols is 4. The van der Waals surface area contributed by atoms with Crippen LogP contribution in [-0.2, 0) is 5.60 Å². The number of aliphatic hydroxyl groups excluding tert-OH is 1. The van der Waals surface area contributed by atoms with Crippen molar-refractivity contribution >= 4 is 0 Å². The van der Waals surface area contributed by atoms with Gasteiger partial charge in [-0.3, -0.25) is 0 Å². The van der Waals surface area contributed by atoms with E-state index in [1.54, 1.807) is 0 Å². The lowest BCUT2D eigenvalue weighted by molar-refractivity contribution is -0.148. The molecule has 2 aromatic rings. The summed E-state index contributed by atoms with van der Waals surface area (Å²) in [7, 11) is 0. The Morgan fingerprint density at radius 1 is 0.963 bits per heavy atom. The number of fused-ring (bicyclic) bond motifs is 1. The predicted octanol–water partition coefficient (Wildman–Crippen LogP) is 2.77. The average molecular weight is 376 g/mol. The molecule has 0 radical (unpaired) electrons. The normalized spacial score (nSPS) is 24.3. The fourth-order valence-electron chi connectivity index (χ4n) is 3.60. The third-order valence-electron chi connectivity index (χ3n) is 5.02.